The van der Waals surface area contributed by atoms with Gasteiger partial charge in [0.1, 0.15) is 5.82 Å². The van der Waals surface area contributed by atoms with Crippen LogP contribution in [0.3, 0.4) is 0 Å². The molecule has 112 valence electrons. The molecule has 0 aromatic heterocycles. The van der Waals surface area contributed by atoms with Crippen molar-refractivity contribution in [1.29, 1.82) is 0 Å². The van der Waals surface area contributed by atoms with E-state index >= 15 is 0 Å². The topological polar surface area (TPSA) is 49.4 Å². The van der Waals surface area contributed by atoms with Crippen LogP contribution in [0, 0.1) is 5.82 Å². The molecule has 1 N–H and O–H groups in total. The smallest absolute Gasteiger partial charge is 0.152 e. The molecule has 0 amide bonds. The highest BCUT2D eigenvalue weighted by Crippen LogP contribution is 2.28. The van der Waals surface area contributed by atoms with Gasteiger partial charge in [-0.15, -0.1) is 0 Å². The summed E-state index contributed by atoms with van der Waals surface area (Å²) in [7, 11) is -1.19. The van der Waals surface area contributed by atoms with Gasteiger partial charge in [-0.05, 0) is 24.6 Å². The van der Waals surface area contributed by atoms with Crippen molar-refractivity contribution in [1.82, 2.24) is 5.32 Å². The molecule has 0 radical (unpaired) electrons. The lowest BCUT2D eigenvalue weighted by atomic mass is 10.1. The highest BCUT2D eigenvalue weighted by Gasteiger charge is 2.32. The average molecular weight is 300 g/mol. The van der Waals surface area contributed by atoms with Crippen LogP contribution in [0.1, 0.15) is 18.9 Å². The third-order valence-electron chi connectivity index (χ3n) is 3.74. The second kappa shape index (κ2) is 6.10. The zero-order valence-electron chi connectivity index (χ0n) is 11.9. The summed E-state index contributed by atoms with van der Waals surface area (Å²) < 4.78 is 37.3. The third-order valence-corrected chi connectivity index (χ3v) is 5.49. The maximum atomic E-state index is 14.2. The average Bonchev–Trinajstić information content (AvgIpc) is 2.76. The monoisotopic (exact) mass is 300 g/mol. The largest absolute Gasteiger partial charge is 0.368 e. The number of rotatable bonds is 5. The molecule has 1 aromatic rings. The second-order valence-corrected chi connectivity index (χ2v) is 7.42. The van der Waals surface area contributed by atoms with E-state index in [1.165, 1.54) is 6.07 Å². The van der Waals surface area contributed by atoms with Gasteiger partial charge in [0.15, 0.2) is 9.84 Å². The quantitative estimate of drug-likeness (QED) is 0.896. The fraction of sp³-hybridized carbons (Fsp3) is 0.571. The molecule has 1 heterocycles. The molecule has 1 saturated heterocycles. The zero-order chi connectivity index (χ0) is 14.8. The van der Waals surface area contributed by atoms with Crippen LogP contribution in [0.5, 0.6) is 0 Å². The van der Waals surface area contributed by atoms with Crippen molar-refractivity contribution in [3.63, 3.8) is 0 Å². The van der Waals surface area contributed by atoms with Crippen molar-refractivity contribution in [2.24, 2.45) is 0 Å². The molecule has 1 aromatic carbocycles. The number of benzene rings is 1. The van der Waals surface area contributed by atoms with Crippen LogP contribution in [0.15, 0.2) is 18.2 Å². The highest BCUT2D eigenvalue weighted by atomic mass is 32.2. The van der Waals surface area contributed by atoms with E-state index in [-0.39, 0.29) is 23.4 Å². The van der Waals surface area contributed by atoms with Crippen LogP contribution in [-0.2, 0) is 16.4 Å². The molecule has 1 unspecified atom stereocenters. The highest BCUT2D eigenvalue weighted by molar-refractivity contribution is 7.91. The number of sulfone groups is 1. The fourth-order valence-corrected chi connectivity index (χ4v) is 4.40. The van der Waals surface area contributed by atoms with Crippen molar-refractivity contribution in [3.8, 4) is 0 Å². The van der Waals surface area contributed by atoms with Crippen LogP contribution in [0.2, 0.25) is 0 Å². The summed E-state index contributed by atoms with van der Waals surface area (Å²) >= 11 is 0. The Morgan fingerprint density at radius 3 is 2.80 bits per heavy atom. The standard InChI is InChI=1S/C14H21FN2O2S/c1-3-16-9-11-5-4-6-13(15)14(11)17(2)12-7-8-20(18,19)10-12/h4-6,12,16H,3,7-10H2,1-2H3. The van der Waals surface area contributed by atoms with E-state index in [0.29, 0.717) is 18.7 Å². The first-order valence-electron chi connectivity index (χ1n) is 6.86. The molecule has 1 fully saturated rings. The van der Waals surface area contributed by atoms with Gasteiger partial charge in [0.2, 0.25) is 0 Å². The predicted molar refractivity (Wildman–Crippen MR) is 79.2 cm³/mol. The van der Waals surface area contributed by atoms with E-state index in [4.69, 9.17) is 0 Å². The molecular weight excluding hydrogens is 279 g/mol. The molecule has 0 bridgehead atoms. The van der Waals surface area contributed by atoms with Gasteiger partial charge < -0.3 is 10.2 Å². The van der Waals surface area contributed by atoms with Gasteiger partial charge >= 0.3 is 0 Å². The molecule has 4 nitrogen and oxygen atoms in total. The van der Waals surface area contributed by atoms with E-state index in [9.17, 15) is 12.8 Å². The van der Waals surface area contributed by atoms with Crippen LogP contribution in [0.4, 0.5) is 10.1 Å². The van der Waals surface area contributed by atoms with Gasteiger partial charge in [-0.25, -0.2) is 12.8 Å². The summed E-state index contributed by atoms with van der Waals surface area (Å²) in [4.78, 5) is 1.78. The normalized spacial score (nSPS) is 21.1. The Labute approximate surface area is 119 Å². The van der Waals surface area contributed by atoms with Crippen molar-refractivity contribution in [2.75, 3.05) is 30.0 Å². The number of anilines is 1. The molecule has 0 aliphatic carbocycles. The lowest BCUT2D eigenvalue weighted by molar-refractivity contribution is 0.593. The number of halogens is 1. The van der Waals surface area contributed by atoms with Crippen molar-refractivity contribution >= 4 is 15.5 Å². The van der Waals surface area contributed by atoms with E-state index in [2.05, 4.69) is 5.32 Å². The molecule has 2 rings (SSSR count). The van der Waals surface area contributed by atoms with Crippen molar-refractivity contribution in [3.05, 3.63) is 29.6 Å². The molecule has 0 spiro atoms. The second-order valence-electron chi connectivity index (χ2n) is 5.20. The van der Waals surface area contributed by atoms with Crippen LogP contribution in [-0.4, -0.2) is 39.6 Å². The first kappa shape index (κ1) is 15.3. The minimum Gasteiger partial charge on any atom is -0.368 e. The molecule has 1 aliphatic heterocycles. The van der Waals surface area contributed by atoms with Gasteiger partial charge in [-0.1, -0.05) is 19.1 Å². The van der Waals surface area contributed by atoms with E-state index < -0.39 is 9.84 Å². The summed E-state index contributed by atoms with van der Waals surface area (Å²) in [5.41, 5.74) is 1.37. The van der Waals surface area contributed by atoms with Gasteiger partial charge in [0.25, 0.3) is 0 Å². The number of hydrogen-bond donors (Lipinski definition) is 1. The predicted octanol–water partition coefficient (Wildman–Crippen LogP) is 1.56. The van der Waals surface area contributed by atoms with E-state index in [1.807, 2.05) is 13.0 Å². The summed E-state index contributed by atoms with van der Waals surface area (Å²) in [6.07, 6.45) is 0.563. The Morgan fingerprint density at radius 1 is 1.45 bits per heavy atom. The molecule has 6 heteroatoms. The van der Waals surface area contributed by atoms with Crippen molar-refractivity contribution in [2.45, 2.75) is 25.9 Å². The minimum absolute atomic E-state index is 0.110. The van der Waals surface area contributed by atoms with Crippen molar-refractivity contribution < 1.29 is 12.8 Å². The fourth-order valence-electron chi connectivity index (χ4n) is 2.62. The number of para-hydroxylation sites is 1. The molecular formula is C14H21FN2O2S. The van der Waals surface area contributed by atoms with E-state index in [1.54, 1.807) is 18.0 Å². The molecule has 1 atom stereocenters. The summed E-state index contributed by atoms with van der Waals surface area (Å²) in [5.74, 6) is 0.00417. The minimum atomic E-state index is -2.97. The van der Waals surface area contributed by atoms with Gasteiger partial charge in [-0.2, -0.15) is 0 Å². The number of hydrogen-bond acceptors (Lipinski definition) is 4. The van der Waals surface area contributed by atoms with Gasteiger partial charge in [0, 0.05) is 19.6 Å². The van der Waals surface area contributed by atoms with Crippen LogP contribution < -0.4 is 10.2 Å². The Bertz CT molecular complexity index is 575. The summed E-state index contributed by atoms with van der Waals surface area (Å²) in [6, 6.07) is 4.84. The Kier molecular flexibility index (Phi) is 4.65. The third kappa shape index (κ3) is 3.30. The van der Waals surface area contributed by atoms with Crippen LogP contribution >= 0.6 is 0 Å². The summed E-state index contributed by atoms with van der Waals surface area (Å²) in [6.45, 7) is 3.37. The Morgan fingerprint density at radius 2 is 2.20 bits per heavy atom. The van der Waals surface area contributed by atoms with Crippen LogP contribution in [0.25, 0.3) is 0 Å². The number of nitrogens with one attached hydrogen (secondary N) is 1. The lowest BCUT2D eigenvalue weighted by Gasteiger charge is -2.28. The number of nitrogens with zero attached hydrogens (tertiary/aromatic N) is 1. The maximum Gasteiger partial charge on any atom is 0.152 e. The van der Waals surface area contributed by atoms with Gasteiger partial charge in [0.05, 0.1) is 17.2 Å². The van der Waals surface area contributed by atoms with E-state index in [0.717, 1.165) is 12.1 Å². The molecule has 1 aliphatic rings. The first-order valence-corrected chi connectivity index (χ1v) is 8.68. The SMILES string of the molecule is CCNCc1cccc(F)c1N(C)C1CCS(=O)(=O)C1. The van der Waals surface area contributed by atoms with Gasteiger partial charge in [-0.3, -0.25) is 0 Å². The molecule has 0 saturated carbocycles. The Hall–Kier alpha value is -1.14. The Balaban J connectivity index is 2.26. The lowest BCUT2D eigenvalue weighted by Crippen LogP contribution is -2.34. The summed E-state index contributed by atoms with van der Waals surface area (Å²) in [5, 5.41) is 3.18. The molecule has 20 heavy (non-hydrogen) atoms. The maximum absolute atomic E-state index is 14.2. The zero-order valence-corrected chi connectivity index (χ0v) is 12.7. The first-order chi connectivity index (χ1) is 9.44.